The summed E-state index contributed by atoms with van der Waals surface area (Å²) in [6, 6.07) is 14.4. The largest absolute Gasteiger partial charge is 0.497 e. The number of nitrogens with zero attached hydrogens (tertiary/aromatic N) is 1. The predicted octanol–water partition coefficient (Wildman–Crippen LogP) is 3.88. The number of likely N-dealkylation sites (tertiary alicyclic amines) is 1. The van der Waals surface area contributed by atoms with Crippen LogP contribution in [-0.2, 0) is 4.79 Å². The Labute approximate surface area is 164 Å². The van der Waals surface area contributed by atoms with E-state index < -0.39 is 0 Å². The molecule has 0 radical (unpaired) electrons. The summed E-state index contributed by atoms with van der Waals surface area (Å²) in [5, 5.41) is 3.06. The number of ether oxygens (including phenoxy) is 1. The molecular formula is C21H25FN2O2S. The Morgan fingerprint density at radius 2 is 1.81 bits per heavy atom. The maximum Gasteiger partial charge on any atom is 0.230 e. The molecular weight excluding hydrogens is 363 g/mol. The number of hydrogen-bond donors (Lipinski definition) is 1. The number of amides is 1. The van der Waals surface area contributed by atoms with Gasteiger partial charge in [-0.05, 0) is 67.9 Å². The summed E-state index contributed by atoms with van der Waals surface area (Å²) in [6.45, 7) is 2.68. The molecule has 0 aromatic heterocycles. The standard InChI is InChI=1S/C21H25FN2O2S/c1-26-18-8-4-16(5-9-18)20(24-12-2-3-13-24)14-23-21(25)15-27-19-10-6-17(22)7-11-19/h4-11,20H,2-3,12-15H2,1H3,(H,23,25). The van der Waals surface area contributed by atoms with Crippen molar-refractivity contribution in [2.75, 3.05) is 32.5 Å². The van der Waals surface area contributed by atoms with E-state index in [9.17, 15) is 9.18 Å². The van der Waals surface area contributed by atoms with Crippen LogP contribution in [0.25, 0.3) is 0 Å². The quantitative estimate of drug-likeness (QED) is 0.697. The highest BCUT2D eigenvalue weighted by atomic mass is 32.2. The van der Waals surface area contributed by atoms with Crippen molar-refractivity contribution in [3.63, 3.8) is 0 Å². The second-order valence-electron chi connectivity index (χ2n) is 6.58. The van der Waals surface area contributed by atoms with Gasteiger partial charge in [0.25, 0.3) is 0 Å². The molecule has 1 unspecified atom stereocenters. The molecule has 4 nitrogen and oxygen atoms in total. The van der Waals surface area contributed by atoms with Crippen LogP contribution in [0.5, 0.6) is 5.75 Å². The number of thioether (sulfide) groups is 1. The Kier molecular flexibility index (Phi) is 7.12. The predicted molar refractivity (Wildman–Crippen MR) is 107 cm³/mol. The Hall–Kier alpha value is -2.05. The zero-order chi connectivity index (χ0) is 19.1. The summed E-state index contributed by atoms with van der Waals surface area (Å²) in [6.07, 6.45) is 2.39. The molecule has 1 aliphatic heterocycles. The molecule has 3 rings (SSSR count). The summed E-state index contributed by atoms with van der Waals surface area (Å²) in [5.74, 6) is 0.874. The Morgan fingerprint density at radius 1 is 1.15 bits per heavy atom. The van der Waals surface area contributed by atoms with E-state index in [1.54, 1.807) is 19.2 Å². The topological polar surface area (TPSA) is 41.6 Å². The lowest BCUT2D eigenvalue weighted by Crippen LogP contribution is -2.37. The molecule has 27 heavy (non-hydrogen) atoms. The second kappa shape index (κ2) is 9.76. The van der Waals surface area contributed by atoms with Crippen molar-refractivity contribution in [3.8, 4) is 5.75 Å². The van der Waals surface area contributed by atoms with Crippen molar-refractivity contribution in [1.82, 2.24) is 10.2 Å². The van der Waals surface area contributed by atoms with Gasteiger partial charge < -0.3 is 10.1 Å². The highest BCUT2D eigenvalue weighted by Crippen LogP contribution is 2.26. The van der Waals surface area contributed by atoms with Gasteiger partial charge in [0, 0.05) is 11.4 Å². The maximum absolute atomic E-state index is 13.0. The van der Waals surface area contributed by atoms with E-state index in [0.29, 0.717) is 12.3 Å². The molecule has 1 N–H and O–H groups in total. The number of hydrogen-bond acceptors (Lipinski definition) is 4. The molecule has 1 aliphatic rings. The van der Waals surface area contributed by atoms with E-state index >= 15 is 0 Å². The van der Waals surface area contributed by atoms with Gasteiger partial charge in [0.2, 0.25) is 5.91 Å². The number of nitrogens with one attached hydrogen (secondary N) is 1. The van der Waals surface area contributed by atoms with E-state index in [2.05, 4.69) is 22.3 Å². The first kappa shape index (κ1) is 19.7. The average Bonchev–Trinajstić information content (AvgIpc) is 3.23. The van der Waals surface area contributed by atoms with Crippen molar-refractivity contribution in [3.05, 3.63) is 59.9 Å². The van der Waals surface area contributed by atoms with Crippen molar-refractivity contribution in [2.24, 2.45) is 0 Å². The van der Waals surface area contributed by atoms with Crippen LogP contribution >= 0.6 is 11.8 Å². The molecule has 0 saturated carbocycles. The first-order chi connectivity index (χ1) is 13.2. The molecule has 1 saturated heterocycles. The number of carbonyl (C=O) groups is 1. The van der Waals surface area contributed by atoms with Gasteiger partial charge in [-0.3, -0.25) is 9.69 Å². The van der Waals surface area contributed by atoms with E-state index in [0.717, 1.165) is 23.7 Å². The van der Waals surface area contributed by atoms with Crippen LogP contribution in [0.4, 0.5) is 4.39 Å². The highest BCUT2D eigenvalue weighted by Gasteiger charge is 2.24. The lowest BCUT2D eigenvalue weighted by Gasteiger charge is -2.28. The lowest BCUT2D eigenvalue weighted by molar-refractivity contribution is -0.118. The van der Waals surface area contributed by atoms with Crippen molar-refractivity contribution in [2.45, 2.75) is 23.8 Å². The van der Waals surface area contributed by atoms with Crippen LogP contribution in [-0.4, -0.2) is 43.3 Å². The molecule has 0 aliphatic carbocycles. The molecule has 144 valence electrons. The van der Waals surface area contributed by atoms with E-state index in [4.69, 9.17) is 4.74 Å². The van der Waals surface area contributed by atoms with Crippen molar-refractivity contribution >= 4 is 17.7 Å². The number of carbonyl (C=O) groups excluding carboxylic acids is 1. The van der Waals surface area contributed by atoms with Crippen LogP contribution in [0.1, 0.15) is 24.4 Å². The molecule has 1 atom stereocenters. The molecule has 1 amide bonds. The fourth-order valence-corrected chi connectivity index (χ4v) is 4.01. The zero-order valence-corrected chi connectivity index (χ0v) is 16.3. The SMILES string of the molecule is COc1ccc(C(CNC(=O)CSc2ccc(F)cc2)N2CCCC2)cc1. The minimum Gasteiger partial charge on any atom is -0.497 e. The third kappa shape index (κ3) is 5.71. The highest BCUT2D eigenvalue weighted by molar-refractivity contribution is 8.00. The fourth-order valence-electron chi connectivity index (χ4n) is 3.28. The van der Waals surface area contributed by atoms with E-state index in [-0.39, 0.29) is 17.8 Å². The first-order valence-corrected chi connectivity index (χ1v) is 10.2. The van der Waals surface area contributed by atoms with Crippen LogP contribution in [0.3, 0.4) is 0 Å². The Morgan fingerprint density at radius 3 is 2.44 bits per heavy atom. The lowest BCUT2D eigenvalue weighted by atomic mass is 10.1. The zero-order valence-electron chi connectivity index (χ0n) is 15.5. The van der Waals surface area contributed by atoms with E-state index in [1.165, 1.54) is 42.3 Å². The third-order valence-corrected chi connectivity index (χ3v) is 5.77. The average molecular weight is 389 g/mol. The van der Waals surface area contributed by atoms with Gasteiger partial charge >= 0.3 is 0 Å². The number of benzene rings is 2. The summed E-state index contributed by atoms with van der Waals surface area (Å²) < 4.78 is 18.2. The van der Waals surface area contributed by atoms with Gasteiger partial charge in [-0.1, -0.05) is 12.1 Å². The fraction of sp³-hybridized carbons (Fsp3) is 0.381. The molecule has 0 spiro atoms. The van der Waals surface area contributed by atoms with Gasteiger partial charge in [-0.2, -0.15) is 0 Å². The number of halogens is 1. The van der Waals surface area contributed by atoms with Crippen molar-refractivity contribution in [1.29, 1.82) is 0 Å². The monoisotopic (exact) mass is 388 g/mol. The summed E-state index contributed by atoms with van der Waals surface area (Å²) >= 11 is 1.41. The van der Waals surface area contributed by atoms with Gasteiger partial charge in [0.05, 0.1) is 18.9 Å². The van der Waals surface area contributed by atoms with Gasteiger partial charge in [0.1, 0.15) is 11.6 Å². The van der Waals surface area contributed by atoms with Crippen molar-refractivity contribution < 1.29 is 13.9 Å². The summed E-state index contributed by atoms with van der Waals surface area (Å²) in [7, 11) is 1.66. The smallest absolute Gasteiger partial charge is 0.230 e. The van der Waals surface area contributed by atoms with Crippen LogP contribution in [0, 0.1) is 5.82 Å². The first-order valence-electron chi connectivity index (χ1n) is 9.19. The minimum atomic E-state index is -0.267. The van der Waals surface area contributed by atoms with E-state index in [1.807, 2.05) is 12.1 Å². The Balaban J connectivity index is 1.56. The number of methoxy groups -OCH3 is 1. The van der Waals surface area contributed by atoms with Gasteiger partial charge in [-0.25, -0.2) is 4.39 Å². The molecule has 2 aromatic carbocycles. The molecule has 1 fully saturated rings. The normalized spacial score (nSPS) is 15.5. The maximum atomic E-state index is 13.0. The molecule has 1 heterocycles. The third-order valence-electron chi connectivity index (χ3n) is 4.76. The van der Waals surface area contributed by atoms with Crippen LogP contribution < -0.4 is 10.1 Å². The van der Waals surface area contributed by atoms with Gasteiger partial charge in [-0.15, -0.1) is 11.8 Å². The minimum absolute atomic E-state index is 0.0120. The number of rotatable bonds is 8. The summed E-state index contributed by atoms with van der Waals surface area (Å²) in [4.78, 5) is 15.6. The molecule has 2 aromatic rings. The molecule has 6 heteroatoms. The summed E-state index contributed by atoms with van der Waals surface area (Å²) in [5.41, 5.74) is 1.18. The molecule has 0 bridgehead atoms. The van der Waals surface area contributed by atoms with Crippen LogP contribution in [0.2, 0.25) is 0 Å². The van der Waals surface area contributed by atoms with Gasteiger partial charge in [0.15, 0.2) is 0 Å². The van der Waals surface area contributed by atoms with Crippen LogP contribution in [0.15, 0.2) is 53.4 Å². The second-order valence-corrected chi connectivity index (χ2v) is 7.63. The Bertz CT molecular complexity index is 731.